The number of amides is 3. The molecule has 2 aromatic carbocycles. The summed E-state index contributed by atoms with van der Waals surface area (Å²) in [4.78, 5) is 55.4. The van der Waals surface area contributed by atoms with Gasteiger partial charge in [-0.25, -0.2) is 4.79 Å². The number of rotatable bonds is 7. The second-order valence-corrected chi connectivity index (χ2v) is 9.38. The fraction of sp³-hybridized carbons (Fsp3) is 0.333. The molecule has 3 amide bonds. The normalized spacial score (nSPS) is 20.6. The van der Waals surface area contributed by atoms with E-state index in [1.54, 1.807) is 30.5 Å². The van der Waals surface area contributed by atoms with Gasteiger partial charge in [-0.15, -0.1) is 0 Å². The highest BCUT2D eigenvalue weighted by molar-refractivity contribution is 6.21. The number of hydrogen-bond acceptors (Lipinski definition) is 4. The van der Waals surface area contributed by atoms with E-state index in [4.69, 9.17) is 0 Å². The fourth-order valence-corrected chi connectivity index (χ4v) is 5.41. The summed E-state index contributed by atoms with van der Waals surface area (Å²) in [5.74, 6) is -2.78. The number of aliphatic carboxylic acids is 1. The zero-order chi connectivity index (χ0) is 24.5. The van der Waals surface area contributed by atoms with Crippen LogP contribution in [0.3, 0.4) is 0 Å². The highest BCUT2D eigenvalue weighted by Crippen LogP contribution is 2.33. The van der Waals surface area contributed by atoms with Crippen LogP contribution in [-0.4, -0.2) is 51.3 Å². The molecule has 3 atom stereocenters. The molecule has 35 heavy (non-hydrogen) atoms. The van der Waals surface area contributed by atoms with Gasteiger partial charge in [-0.2, -0.15) is 0 Å². The fourth-order valence-electron chi connectivity index (χ4n) is 5.41. The van der Waals surface area contributed by atoms with Gasteiger partial charge in [-0.1, -0.05) is 43.2 Å². The van der Waals surface area contributed by atoms with Crippen LogP contribution in [0.15, 0.2) is 54.7 Å². The van der Waals surface area contributed by atoms with Crippen LogP contribution in [0.1, 0.15) is 52.0 Å². The molecule has 8 nitrogen and oxygen atoms in total. The Balaban J connectivity index is 1.30. The summed E-state index contributed by atoms with van der Waals surface area (Å²) in [5, 5.41) is 13.5. The smallest absolute Gasteiger partial charge is 0.326 e. The molecule has 1 aromatic heterocycles. The second kappa shape index (κ2) is 9.37. The summed E-state index contributed by atoms with van der Waals surface area (Å²) >= 11 is 0. The molecule has 2 heterocycles. The Morgan fingerprint density at radius 2 is 1.66 bits per heavy atom. The number of fused-ring (bicyclic) bond motifs is 2. The van der Waals surface area contributed by atoms with Gasteiger partial charge < -0.3 is 15.4 Å². The third-order valence-electron chi connectivity index (χ3n) is 7.25. The molecular formula is C27H27N3O5. The minimum absolute atomic E-state index is 0.154. The third kappa shape index (κ3) is 4.32. The van der Waals surface area contributed by atoms with Gasteiger partial charge >= 0.3 is 5.97 Å². The Morgan fingerprint density at radius 3 is 2.37 bits per heavy atom. The molecule has 8 heteroatoms. The van der Waals surface area contributed by atoms with Crippen LogP contribution >= 0.6 is 0 Å². The summed E-state index contributed by atoms with van der Waals surface area (Å²) in [6.07, 6.45) is 4.97. The van der Waals surface area contributed by atoms with E-state index in [9.17, 15) is 24.3 Å². The van der Waals surface area contributed by atoms with Crippen molar-refractivity contribution in [3.8, 4) is 0 Å². The predicted octanol–water partition coefficient (Wildman–Crippen LogP) is 3.38. The van der Waals surface area contributed by atoms with Gasteiger partial charge in [0.25, 0.3) is 11.8 Å². The van der Waals surface area contributed by atoms with Crippen molar-refractivity contribution in [1.29, 1.82) is 0 Å². The van der Waals surface area contributed by atoms with Crippen molar-refractivity contribution in [3.05, 3.63) is 71.4 Å². The van der Waals surface area contributed by atoms with Crippen LogP contribution in [-0.2, 0) is 16.0 Å². The number of hydrogen-bond donors (Lipinski definition) is 3. The van der Waals surface area contributed by atoms with E-state index in [2.05, 4.69) is 10.3 Å². The number of carbonyl (C=O) groups is 4. The van der Waals surface area contributed by atoms with Gasteiger partial charge in [0.1, 0.15) is 6.04 Å². The molecule has 2 aliphatic rings. The van der Waals surface area contributed by atoms with E-state index in [1.807, 2.05) is 24.3 Å². The minimum Gasteiger partial charge on any atom is -0.480 e. The Hall–Kier alpha value is -3.94. The lowest BCUT2D eigenvalue weighted by atomic mass is 9.78. The molecule has 3 unspecified atom stereocenters. The van der Waals surface area contributed by atoms with Crippen LogP contribution in [0.5, 0.6) is 0 Å². The van der Waals surface area contributed by atoms with Crippen molar-refractivity contribution >= 4 is 34.6 Å². The van der Waals surface area contributed by atoms with Gasteiger partial charge in [0.15, 0.2) is 0 Å². The van der Waals surface area contributed by atoms with E-state index in [0.29, 0.717) is 24.0 Å². The van der Waals surface area contributed by atoms with Crippen LogP contribution in [0.4, 0.5) is 0 Å². The molecule has 1 fully saturated rings. The van der Waals surface area contributed by atoms with E-state index in [-0.39, 0.29) is 36.6 Å². The number of aromatic nitrogens is 1. The highest BCUT2D eigenvalue weighted by atomic mass is 16.4. The first-order valence-corrected chi connectivity index (χ1v) is 12.0. The SMILES string of the molecule is O=C(O)C(Cc1c[nH]c2ccccc12)NC(=O)C1CCCCC1CN1C(=O)c2ccccc2C1=O. The topological polar surface area (TPSA) is 120 Å². The lowest BCUT2D eigenvalue weighted by Gasteiger charge is -2.33. The lowest BCUT2D eigenvalue weighted by molar-refractivity contribution is -0.143. The van der Waals surface area contributed by atoms with Gasteiger partial charge in [-0.3, -0.25) is 19.3 Å². The Labute approximate surface area is 202 Å². The molecule has 1 aliphatic heterocycles. The van der Waals surface area contributed by atoms with E-state index in [1.165, 1.54) is 4.90 Å². The molecule has 5 rings (SSSR count). The molecule has 0 radical (unpaired) electrons. The van der Waals surface area contributed by atoms with Gasteiger partial charge in [0.05, 0.1) is 11.1 Å². The number of carboxylic acids is 1. The molecule has 0 saturated heterocycles. The average molecular weight is 474 g/mol. The summed E-state index contributed by atoms with van der Waals surface area (Å²) < 4.78 is 0. The van der Waals surface area contributed by atoms with Crippen molar-refractivity contribution in [2.45, 2.75) is 38.1 Å². The molecular weight excluding hydrogens is 446 g/mol. The van der Waals surface area contributed by atoms with Gasteiger partial charge in [0, 0.05) is 36.0 Å². The van der Waals surface area contributed by atoms with Crippen molar-refractivity contribution in [3.63, 3.8) is 0 Å². The number of benzene rings is 2. The maximum absolute atomic E-state index is 13.3. The number of carbonyl (C=O) groups excluding carboxylic acids is 3. The third-order valence-corrected chi connectivity index (χ3v) is 7.25. The Bertz CT molecular complexity index is 1280. The van der Waals surface area contributed by atoms with E-state index in [0.717, 1.165) is 29.3 Å². The average Bonchev–Trinajstić information content (AvgIpc) is 3.38. The van der Waals surface area contributed by atoms with E-state index >= 15 is 0 Å². The number of aromatic amines is 1. The summed E-state index contributed by atoms with van der Waals surface area (Å²) in [7, 11) is 0. The summed E-state index contributed by atoms with van der Waals surface area (Å²) in [5.41, 5.74) is 2.50. The van der Waals surface area contributed by atoms with Crippen LogP contribution in [0.25, 0.3) is 10.9 Å². The zero-order valence-electron chi connectivity index (χ0n) is 19.2. The monoisotopic (exact) mass is 473 g/mol. The Kier molecular flexibility index (Phi) is 6.11. The molecule has 3 aromatic rings. The van der Waals surface area contributed by atoms with Crippen LogP contribution in [0.2, 0.25) is 0 Å². The first-order chi connectivity index (χ1) is 16.9. The second-order valence-electron chi connectivity index (χ2n) is 9.38. The summed E-state index contributed by atoms with van der Waals surface area (Å²) in [6, 6.07) is 13.3. The minimum atomic E-state index is -1.10. The number of H-pyrrole nitrogens is 1. The first kappa shape index (κ1) is 22.8. The van der Waals surface area contributed by atoms with Crippen molar-refractivity contribution < 1.29 is 24.3 Å². The standard InChI is InChI=1S/C27H27N3O5/c31-24(29-23(27(34)35)13-17-14-28-22-12-6-5-8-18(17)22)19-9-2-1-7-16(19)15-30-25(32)20-10-3-4-11-21(20)26(30)33/h3-6,8,10-12,14,16,19,23,28H,1-2,7,9,13,15H2,(H,29,31)(H,34,35). The number of nitrogens with one attached hydrogen (secondary N) is 2. The summed E-state index contributed by atoms with van der Waals surface area (Å²) in [6.45, 7) is 0.157. The molecule has 0 bridgehead atoms. The first-order valence-electron chi connectivity index (χ1n) is 12.0. The molecule has 180 valence electrons. The van der Waals surface area contributed by atoms with Gasteiger partial charge in [0.2, 0.25) is 5.91 Å². The largest absolute Gasteiger partial charge is 0.480 e. The van der Waals surface area contributed by atoms with Crippen molar-refractivity contribution in [1.82, 2.24) is 15.2 Å². The highest BCUT2D eigenvalue weighted by Gasteiger charge is 2.40. The lowest BCUT2D eigenvalue weighted by Crippen LogP contribution is -2.49. The number of imide groups is 1. The maximum Gasteiger partial charge on any atom is 0.326 e. The number of nitrogens with zero attached hydrogens (tertiary/aromatic N) is 1. The van der Waals surface area contributed by atoms with E-state index < -0.39 is 17.9 Å². The Morgan fingerprint density at radius 1 is 1.00 bits per heavy atom. The molecule has 1 aliphatic carbocycles. The zero-order valence-corrected chi connectivity index (χ0v) is 19.2. The quantitative estimate of drug-likeness (QED) is 0.455. The maximum atomic E-state index is 13.3. The molecule has 0 spiro atoms. The predicted molar refractivity (Wildman–Crippen MR) is 129 cm³/mol. The number of carboxylic acid groups (broad SMARTS) is 1. The van der Waals surface area contributed by atoms with Gasteiger partial charge in [-0.05, 0) is 42.5 Å². The molecule has 3 N–H and O–H groups in total. The molecule has 1 saturated carbocycles. The van der Waals surface area contributed by atoms with Crippen LogP contribution in [0, 0.1) is 11.8 Å². The van der Waals surface area contributed by atoms with Crippen LogP contribution < -0.4 is 5.32 Å². The van der Waals surface area contributed by atoms with Crippen molar-refractivity contribution in [2.75, 3.05) is 6.54 Å². The van der Waals surface area contributed by atoms with Crippen molar-refractivity contribution in [2.24, 2.45) is 11.8 Å². The number of para-hydroxylation sites is 1.